The van der Waals surface area contributed by atoms with Crippen LogP contribution in [0.25, 0.3) is 0 Å². The van der Waals surface area contributed by atoms with Crippen LogP contribution >= 0.6 is 11.6 Å². The van der Waals surface area contributed by atoms with Crippen LogP contribution in [0.3, 0.4) is 0 Å². The summed E-state index contributed by atoms with van der Waals surface area (Å²) in [7, 11) is 0. The Hall–Kier alpha value is -1.33. The van der Waals surface area contributed by atoms with Gasteiger partial charge in [0.1, 0.15) is 11.6 Å². The lowest BCUT2D eigenvalue weighted by atomic mass is 10.0. The van der Waals surface area contributed by atoms with Crippen molar-refractivity contribution in [3.05, 3.63) is 33.3 Å². The van der Waals surface area contributed by atoms with E-state index >= 15 is 0 Å². The summed E-state index contributed by atoms with van der Waals surface area (Å²) in [5.41, 5.74) is 5.16. The Morgan fingerprint density at radius 3 is 2.76 bits per heavy atom. The molecule has 0 saturated carbocycles. The highest BCUT2D eigenvalue weighted by Crippen LogP contribution is 2.34. The van der Waals surface area contributed by atoms with E-state index in [0.717, 1.165) is 0 Å². The smallest absolute Gasteiger partial charge is 0.329 e. The summed E-state index contributed by atoms with van der Waals surface area (Å²) in [6.07, 6.45) is 0.710. The fourth-order valence-corrected chi connectivity index (χ4v) is 1.37. The lowest BCUT2D eigenvalue weighted by Crippen LogP contribution is -2.41. The first-order valence-electron chi connectivity index (χ1n) is 5.22. The summed E-state index contributed by atoms with van der Waals surface area (Å²) in [4.78, 5) is 10.3. The Bertz CT molecular complexity index is 421. The van der Waals surface area contributed by atoms with E-state index in [1.165, 1.54) is 12.1 Å². The number of nitro groups is 1. The zero-order valence-corrected chi connectivity index (χ0v) is 10.5. The molecule has 1 aromatic rings. The predicted molar refractivity (Wildman–Crippen MR) is 66.5 cm³/mol. The van der Waals surface area contributed by atoms with Crippen LogP contribution in [0.2, 0.25) is 5.02 Å². The number of nitro benzene ring substituents is 1. The van der Waals surface area contributed by atoms with E-state index in [0.29, 0.717) is 6.42 Å². The standard InChI is InChI=1S/C11H15ClN2O3/c1-3-11(2,13)7-17-9-6-4-5-8(12)10(9)14(15)16/h4-6H,3,7,13H2,1-2H3. The molecule has 0 aromatic heterocycles. The maximum atomic E-state index is 10.8. The molecular weight excluding hydrogens is 244 g/mol. The third-order valence-corrected chi connectivity index (χ3v) is 2.80. The Kier molecular flexibility index (Phi) is 4.31. The van der Waals surface area contributed by atoms with Gasteiger partial charge in [-0.25, -0.2) is 0 Å². The molecular formula is C11H15ClN2O3. The SMILES string of the molecule is CCC(C)(N)COc1cccc(Cl)c1[N+](=O)[O-]. The van der Waals surface area contributed by atoms with Crippen molar-refractivity contribution in [2.75, 3.05) is 6.61 Å². The molecule has 0 aliphatic carbocycles. The van der Waals surface area contributed by atoms with Gasteiger partial charge in [-0.15, -0.1) is 0 Å². The number of hydrogen-bond donors (Lipinski definition) is 1. The molecule has 5 nitrogen and oxygen atoms in total. The maximum Gasteiger partial charge on any atom is 0.329 e. The average molecular weight is 259 g/mol. The first-order chi connectivity index (χ1) is 7.87. The Balaban J connectivity index is 2.92. The second-order valence-electron chi connectivity index (χ2n) is 4.14. The first kappa shape index (κ1) is 13.7. The number of nitrogens with two attached hydrogens (primary N) is 1. The maximum absolute atomic E-state index is 10.8. The van der Waals surface area contributed by atoms with Gasteiger partial charge < -0.3 is 10.5 Å². The van der Waals surface area contributed by atoms with Gasteiger partial charge in [0.15, 0.2) is 5.75 Å². The molecule has 6 heteroatoms. The average Bonchev–Trinajstić information content (AvgIpc) is 2.26. The van der Waals surface area contributed by atoms with Gasteiger partial charge in [0.25, 0.3) is 0 Å². The quantitative estimate of drug-likeness (QED) is 0.651. The van der Waals surface area contributed by atoms with E-state index in [2.05, 4.69) is 0 Å². The molecule has 0 heterocycles. The van der Waals surface area contributed by atoms with Crippen LogP contribution in [0.1, 0.15) is 20.3 Å². The van der Waals surface area contributed by atoms with Gasteiger partial charge in [0, 0.05) is 5.54 Å². The fraction of sp³-hybridized carbons (Fsp3) is 0.455. The summed E-state index contributed by atoms with van der Waals surface area (Å²) in [6, 6.07) is 4.56. The Morgan fingerprint density at radius 2 is 2.24 bits per heavy atom. The molecule has 2 N–H and O–H groups in total. The molecule has 0 aliphatic heterocycles. The minimum atomic E-state index is -0.558. The van der Waals surface area contributed by atoms with Gasteiger partial charge in [-0.3, -0.25) is 10.1 Å². The number of para-hydroxylation sites is 1. The van der Waals surface area contributed by atoms with Gasteiger partial charge in [-0.05, 0) is 25.5 Å². The minimum Gasteiger partial charge on any atom is -0.485 e. The molecule has 94 valence electrons. The number of benzene rings is 1. The van der Waals surface area contributed by atoms with E-state index in [-0.39, 0.29) is 23.1 Å². The van der Waals surface area contributed by atoms with Crippen molar-refractivity contribution < 1.29 is 9.66 Å². The zero-order chi connectivity index (χ0) is 13.1. The van der Waals surface area contributed by atoms with Gasteiger partial charge in [-0.1, -0.05) is 24.6 Å². The third kappa shape index (κ3) is 3.57. The molecule has 1 unspecified atom stereocenters. The number of rotatable bonds is 5. The van der Waals surface area contributed by atoms with Gasteiger partial charge >= 0.3 is 5.69 Å². The number of halogens is 1. The highest BCUT2D eigenvalue weighted by atomic mass is 35.5. The molecule has 0 amide bonds. The number of hydrogen-bond acceptors (Lipinski definition) is 4. The van der Waals surface area contributed by atoms with E-state index < -0.39 is 10.5 Å². The second kappa shape index (κ2) is 5.33. The van der Waals surface area contributed by atoms with Crippen molar-refractivity contribution in [1.82, 2.24) is 0 Å². The fourth-order valence-electron chi connectivity index (χ4n) is 1.13. The van der Waals surface area contributed by atoms with Crippen LogP contribution in [0.15, 0.2) is 18.2 Å². The highest BCUT2D eigenvalue weighted by Gasteiger charge is 2.23. The van der Waals surface area contributed by atoms with Crippen LogP contribution in [0.5, 0.6) is 5.75 Å². The van der Waals surface area contributed by atoms with E-state index in [1.807, 2.05) is 13.8 Å². The lowest BCUT2D eigenvalue weighted by molar-refractivity contribution is -0.385. The number of nitrogens with zero attached hydrogens (tertiary/aromatic N) is 1. The van der Waals surface area contributed by atoms with Crippen molar-refractivity contribution >= 4 is 17.3 Å². The van der Waals surface area contributed by atoms with Gasteiger partial charge in [0.2, 0.25) is 0 Å². The lowest BCUT2D eigenvalue weighted by Gasteiger charge is -2.22. The molecule has 0 spiro atoms. The van der Waals surface area contributed by atoms with Crippen LogP contribution in [0, 0.1) is 10.1 Å². The van der Waals surface area contributed by atoms with Crippen molar-refractivity contribution in [3.8, 4) is 5.75 Å². The van der Waals surface area contributed by atoms with Crippen molar-refractivity contribution in [2.45, 2.75) is 25.8 Å². The minimum absolute atomic E-state index is 0.0581. The monoisotopic (exact) mass is 258 g/mol. The summed E-state index contributed by atoms with van der Waals surface area (Å²) >= 11 is 5.76. The summed E-state index contributed by atoms with van der Waals surface area (Å²) in [5.74, 6) is 0.146. The number of ether oxygens (including phenoxy) is 1. The van der Waals surface area contributed by atoms with Crippen LogP contribution in [-0.4, -0.2) is 17.1 Å². The van der Waals surface area contributed by atoms with Gasteiger partial charge in [0.05, 0.1) is 4.92 Å². The van der Waals surface area contributed by atoms with E-state index in [9.17, 15) is 10.1 Å². The van der Waals surface area contributed by atoms with E-state index in [4.69, 9.17) is 22.1 Å². The van der Waals surface area contributed by atoms with Crippen molar-refractivity contribution in [3.63, 3.8) is 0 Å². The molecule has 17 heavy (non-hydrogen) atoms. The topological polar surface area (TPSA) is 78.4 Å². The summed E-state index contributed by atoms with van der Waals surface area (Å²) in [6.45, 7) is 3.95. The molecule has 1 rings (SSSR count). The van der Waals surface area contributed by atoms with Crippen LogP contribution in [0.4, 0.5) is 5.69 Å². The highest BCUT2D eigenvalue weighted by molar-refractivity contribution is 6.32. The molecule has 0 fully saturated rings. The second-order valence-corrected chi connectivity index (χ2v) is 4.55. The molecule has 1 atom stereocenters. The molecule has 0 aliphatic rings. The Morgan fingerprint density at radius 1 is 1.59 bits per heavy atom. The predicted octanol–water partition coefficient (Wildman–Crippen LogP) is 2.75. The van der Waals surface area contributed by atoms with Crippen LogP contribution in [-0.2, 0) is 0 Å². The summed E-state index contributed by atoms with van der Waals surface area (Å²) in [5, 5.41) is 10.9. The zero-order valence-electron chi connectivity index (χ0n) is 9.77. The Labute approximate surface area is 105 Å². The third-order valence-electron chi connectivity index (χ3n) is 2.50. The molecule has 1 aromatic carbocycles. The molecule has 0 radical (unpaired) electrons. The van der Waals surface area contributed by atoms with Crippen molar-refractivity contribution in [1.29, 1.82) is 0 Å². The van der Waals surface area contributed by atoms with Crippen LogP contribution < -0.4 is 10.5 Å². The van der Waals surface area contributed by atoms with Gasteiger partial charge in [-0.2, -0.15) is 0 Å². The molecule has 0 bridgehead atoms. The van der Waals surface area contributed by atoms with Crippen molar-refractivity contribution in [2.24, 2.45) is 5.73 Å². The summed E-state index contributed by atoms with van der Waals surface area (Å²) < 4.78 is 5.38. The normalized spacial score (nSPS) is 14.1. The first-order valence-corrected chi connectivity index (χ1v) is 5.60. The largest absolute Gasteiger partial charge is 0.485 e. The van der Waals surface area contributed by atoms with E-state index in [1.54, 1.807) is 6.07 Å². The molecule has 0 saturated heterocycles.